The van der Waals surface area contributed by atoms with Gasteiger partial charge < -0.3 is 11.4 Å². The Morgan fingerprint density at radius 1 is 1.25 bits per heavy atom. The second-order valence-electron chi connectivity index (χ2n) is 5.78. The van der Waals surface area contributed by atoms with Crippen molar-refractivity contribution >= 4 is 43.2 Å². The molecule has 2 aromatic rings. The van der Waals surface area contributed by atoms with Crippen LogP contribution in [-0.2, 0) is 10.1 Å². The van der Waals surface area contributed by atoms with Crippen molar-refractivity contribution in [2.24, 2.45) is 10.2 Å². The summed E-state index contributed by atoms with van der Waals surface area (Å²) in [5.41, 5.74) is 0.694. The molecule has 0 aliphatic heterocycles. The van der Waals surface area contributed by atoms with Crippen LogP contribution in [0.25, 0.3) is 0 Å². The molecule has 148 valence electrons. The van der Waals surface area contributed by atoms with Gasteiger partial charge in [0.1, 0.15) is 11.4 Å². The third-order valence-corrected chi connectivity index (χ3v) is 5.51. The van der Waals surface area contributed by atoms with E-state index in [0.29, 0.717) is 24.5 Å². The number of phenols is 1. The predicted octanol–water partition coefficient (Wildman–Crippen LogP) is 1.92. The van der Waals surface area contributed by atoms with E-state index in [2.05, 4.69) is 31.1 Å². The molecular formula is C17H22BrN4NaO4S. The van der Waals surface area contributed by atoms with Crippen molar-refractivity contribution in [1.29, 1.82) is 0 Å². The van der Waals surface area contributed by atoms with Crippen molar-refractivity contribution in [2.45, 2.75) is 32.1 Å². The fourth-order valence-corrected chi connectivity index (χ4v) is 3.78. The molecule has 0 fully saturated rings. The fraction of sp³-hybridized carbons (Fsp3) is 0.353. The van der Waals surface area contributed by atoms with Crippen molar-refractivity contribution in [3.05, 3.63) is 41.0 Å². The van der Waals surface area contributed by atoms with Crippen molar-refractivity contribution in [3.63, 3.8) is 0 Å². The van der Waals surface area contributed by atoms with Gasteiger partial charge in [-0.2, -0.15) is 8.42 Å². The van der Waals surface area contributed by atoms with E-state index in [0.717, 1.165) is 4.47 Å². The van der Waals surface area contributed by atoms with E-state index >= 15 is 0 Å². The summed E-state index contributed by atoms with van der Waals surface area (Å²) in [6.07, 6.45) is 2.46. The Balaban J connectivity index is 0.00000392. The van der Waals surface area contributed by atoms with Gasteiger partial charge in [0.2, 0.25) is 0 Å². The van der Waals surface area contributed by atoms with Crippen LogP contribution in [-0.4, -0.2) is 35.0 Å². The first-order valence-corrected chi connectivity index (χ1v) is 10.6. The summed E-state index contributed by atoms with van der Waals surface area (Å²) in [5.74, 6) is 0.228. The van der Waals surface area contributed by atoms with E-state index in [9.17, 15) is 18.1 Å². The average molecular weight is 481 g/mol. The smallest absolute Gasteiger partial charge is 1.00 e. The van der Waals surface area contributed by atoms with Gasteiger partial charge in [-0.15, -0.1) is 10.2 Å². The molecule has 1 aromatic carbocycles. The summed E-state index contributed by atoms with van der Waals surface area (Å²) in [6, 6.07) is 8.01. The van der Waals surface area contributed by atoms with Gasteiger partial charge in [0.25, 0.3) is 10.1 Å². The number of pyridine rings is 1. The molecule has 1 atom stereocenters. The molecule has 2 N–H and O–H groups in total. The van der Waals surface area contributed by atoms with E-state index in [-0.39, 0.29) is 48.8 Å². The number of hydrogen-bond donors (Lipinski definition) is 2. The standard InChI is InChI=1S/C17H21BrN4O4S.Na.H/c1-3-9-22(17(4-2)27(24,25)26)13-6-7-14(15(23)10-13)20-21-16-8-5-12(18)11-19-16;;/h5-8,10-11,17,23H,3-4,9H2,1-2H3,(H,24,25,26);;/q;+1;-1. The number of benzene rings is 1. The van der Waals surface area contributed by atoms with Crippen LogP contribution < -0.4 is 34.5 Å². The summed E-state index contributed by atoms with van der Waals surface area (Å²) in [5, 5.41) is 17.1. The molecule has 0 saturated heterocycles. The monoisotopic (exact) mass is 480 g/mol. The molecule has 0 spiro atoms. The molecule has 1 unspecified atom stereocenters. The van der Waals surface area contributed by atoms with Gasteiger partial charge in [0, 0.05) is 29.0 Å². The first-order chi connectivity index (χ1) is 12.8. The summed E-state index contributed by atoms with van der Waals surface area (Å²) < 4.78 is 33.7. The topological polar surface area (TPSA) is 115 Å². The molecule has 28 heavy (non-hydrogen) atoms. The van der Waals surface area contributed by atoms with Crippen LogP contribution in [0.3, 0.4) is 0 Å². The molecule has 0 radical (unpaired) electrons. The van der Waals surface area contributed by atoms with Gasteiger partial charge in [-0.05, 0) is 53.0 Å². The maximum atomic E-state index is 11.7. The zero-order chi connectivity index (χ0) is 20.0. The average Bonchev–Trinajstić information content (AvgIpc) is 2.61. The van der Waals surface area contributed by atoms with Crippen LogP contribution in [0, 0.1) is 0 Å². The fourth-order valence-electron chi connectivity index (χ4n) is 2.58. The zero-order valence-electron chi connectivity index (χ0n) is 16.9. The zero-order valence-corrected chi connectivity index (χ0v) is 20.4. The molecule has 0 bridgehead atoms. The Kier molecular flexibility index (Phi) is 10.0. The third-order valence-electron chi connectivity index (χ3n) is 3.77. The predicted molar refractivity (Wildman–Crippen MR) is 109 cm³/mol. The first kappa shape index (κ1) is 25.0. The van der Waals surface area contributed by atoms with E-state index in [1.807, 2.05) is 6.92 Å². The van der Waals surface area contributed by atoms with Crippen LogP contribution >= 0.6 is 15.9 Å². The van der Waals surface area contributed by atoms with Crippen LogP contribution in [0.1, 0.15) is 28.1 Å². The van der Waals surface area contributed by atoms with Crippen LogP contribution in [0.2, 0.25) is 0 Å². The Labute approximate surface area is 196 Å². The van der Waals surface area contributed by atoms with Crippen LogP contribution in [0.4, 0.5) is 17.2 Å². The molecule has 0 aliphatic carbocycles. The van der Waals surface area contributed by atoms with Gasteiger partial charge in [0.15, 0.2) is 11.2 Å². The molecule has 0 aliphatic rings. The number of aromatic nitrogens is 1. The number of azo groups is 1. The Bertz CT molecular complexity index is 916. The molecule has 8 nitrogen and oxygen atoms in total. The summed E-state index contributed by atoms with van der Waals surface area (Å²) >= 11 is 3.28. The number of rotatable bonds is 8. The number of nitrogens with zero attached hydrogens (tertiary/aromatic N) is 4. The second kappa shape index (κ2) is 11.2. The number of hydrogen-bond acceptors (Lipinski definition) is 7. The Morgan fingerprint density at radius 3 is 2.46 bits per heavy atom. The van der Waals surface area contributed by atoms with Crippen molar-refractivity contribution in [2.75, 3.05) is 11.4 Å². The minimum Gasteiger partial charge on any atom is -1.00 e. The van der Waals surface area contributed by atoms with Crippen molar-refractivity contribution in [1.82, 2.24) is 4.98 Å². The Morgan fingerprint density at radius 2 is 1.96 bits per heavy atom. The summed E-state index contributed by atoms with van der Waals surface area (Å²) in [4.78, 5) is 5.61. The molecule has 0 saturated carbocycles. The quantitative estimate of drug-likeness (QED) is 0.338. The van der Waals surface area contributed by atoms with Gasteiger partial charge in [0.05, 0.1) is 0 Å². The molecule has 0 amide bonds. The Hall–Kier alpha value is -1.04. The number of halogens is 1. The van der Waals surface area contributed by atoms with Crippen molar-refractivity contribution < 1.29 is 49.1 Å². The van der Waals surface area contributed by atoms with E-state index < -0.39 is 15.5 Å². The van der Waals surface area contributed by atoms with Gasteiger partial charge >= 0.3 is 29.6 Å². The molecule has 1 heterocycles. The number of phenolic OH excluding ortho intramolecular Hbond substituents is 1. The summed E-state index contributed by atoms with van der Waals surface area (Å²) in [6.45, 7) is 3.98. The van der Waals surface area contributed by atoms with Crippen molar-refractivity contribution in [3.8, 4) is 5.75 Å². The first-order valence-electron chi connectivity index (χ1n) is 8.35. The van der Waals surface area contributed by atoms with E-state index in [1.54, 1.807) is 36.2 Å². The maximum Gasteiger partial charge on any atom is 1.00 e. The molecule has 1 aromatic heterocycles. The van der Waals surface area contributed by atoms with Crippen LogP contribution in [0.15, 0.2) is 51.2 Å². The van der Waals surface area contributed by atoms with Gasteiger partial charge in [-0.1, -0.05) is 13.8 Å². The molecular weight excluding hydrogens is 459 g/mol. The van der Waals surface area contributed by atoms with E-state index in [4.69, 9.17) is 0 Å². The normalized spacial score (nSPS) is 12.6. The van der Waals surface area contributed by atoms with Gasteiger partial charge in [-0.3, -0.25) is 4.55 Å². The second-order valence-corrected chi connectivity index (χ2v) is 8.27. The minimum absolute atomic E-state index is 0. The minimum atomic E-state index is -4.27. The van der Waals surface area contributed by atoms with Crippen LogP contribution in [0.5, 0.6) is 5.75 Å². The molecule has 11 heteroatoms. The number of aromatic hydroxyl groups is 1. The summed E-state index contributed by atoms with van der Waals surface area (Å²) in [7, 11) is -4.27. The van der Waals surface area contributed by atoms with Gasteiger partial charge in [-0.25, -0.2) is 4.98 Å². The number of anilines is 1. The SMILES string of the molecule is CCCN(c1ccc(N=Nc2ccc(Br)cn2)c(O)c1)C(CC)S(=O)(=O)O.[H-].[Na+]. The third kappa shape index (κ3) is 6.78. The largest absolute Gasteiger partial charge is 1.00 e. The van der Waals surface area contributed by atoms with E-state index in [1.165, 1.54) is 12.1 Å². The molecule has 2 rings (SSSR count). The maximum absolute atomic E-state index is 11.7.